The fourth-order valence-corrected chi connectivity index (χ4v) is 3.01. The molecular weight excluding hydrogens is 312 g/mol. The second-order valence-corrected chi connectivity index (χ2v) is 6.13. The fraction of sp³-hybridized carbons (Fsp3) is 0.529. The Balaban J connectivity index is 1.42. The van der Waals surface area contributed by atoms with E-state index in [0.717, 1.165) is 25.7 Å². The van der Waals surface area contributed by atoms with Crippen molar-refractivity contribution in [1.82, 2.24) is 10.6 Å². The molecule has 130 valence electrons. The highest BCUT2D eigenvalue weighted by Gasteiger charge is 2.21. The third-order valence-electron chi connectivity index (χ3n) is 4.38. The van der Waals surface area contributed by atoms with Crippen molar-refractivity contribution >= 4 is 11.8 Å². The van der Waals surface area contributed by atoms with Crippen LogP contribution in [0.15, 0.2) is 18.2 Å². The van der Waals surface area contributed by atoms with Crippen LogP contribution in [0.3, 0.4) is 0 Å². The molecular formula is C17H22N2O5. The number of rotatable bonds is 5. The van der Waals surface area contributed by atoms with Crippen LogP contribution in [0.5, 0.6) is 11.5 Å². The molecule has 0 radical (unpaired) electrons. The number of benzene rings is 1. The van der Waals surface area contributed by atoms with Crippen molar-refractivity contribution in [3.05, 3.63) is 23.8 Å². The van der Waals surface area contributed by atoms with Crippen LogP contribution in [-0.4, -0.2) is 36.3 Å². The van der Waals surface area contributed by atoms with E-state index < -0.39 is 17.9 Å². The number of fused-ring (bicyclic) bond motifs is 1. The van der Waals surface area contributed by atoms with Crippen LogP contribution < -0.4 is 20.1 Å². The van der Waals surface area contributed by atoms with E-state index in [1.165, 1.54) is 0 Å². The highest BCUT2D eigenvalue weighted by atomic mass is 16.7. The Kier molecular flexibility index (Phi) is 5.20. The van der Waals surface area contributed by atoms with Gasteiger partial charge in [0.05, 0.1) is 6.10 Å². The van der Waals surface area contributed by atoms with E-state index in [-0.39, 0.29) is 19.4 Å². The largest absolute Gasteiger partial charge is 0.454 e. The number of carbonyl (C=O) groups excluding carboxylic acids is 2. The molecule has 0 saturated heterocycles. The van der Waals surface area contributed by atoms with E-state index in [4.69, 9.17) is 9.47 Å². The van der Waals surface area contributed by atoms with E-state index in [0.29, 0.717) is 23.5 Å². The van der Waals surface area contributed by atoms with Gasteiger partial charge in [-0.05, 0) is 37.0 Å². The van der Waals surface area contributed by atoms with Crippen molar-refractivity contribution < 1.29 is 24.2 Å². The van der Waals surface area contributed by atoms with Crippen molar-refractivity contribution in [3.8, 4) is 11.5 Å². The van der Waals surface area contributed by atoms with Gasteiger partial charge in [0, 0.05) is 12.6 Å². The first kappa shape index (κ1) is 16.6. The normalized spacial score (nSPS) is 17.5. The topological polar surface area (TPSA) is 96.9 Å². The molecule has 1 aromatic rings. The molecule has 2 aliphatic rings. The van der Waals surface area contributed by atoms with Crippen molar-refractivity contribution in [2.45, 2.75) is 44.2 Å². The highest BCUT2D eigenvalue weighted by Crippen LogP contribution is 2.34. The Morgan fingerprint density at radius 1 is 1.17 bits per heavy atom. The molecule has 0 unspecified atom stereocenters. The lowest BCUT2D eigenvalue weighted by molar-refractivity contribution is -0.139. The lowest BCUT2D eigenvalue weighted by atomic mass is 10.1. The summed E-state index contributed by atoms with van der Waals surface area (Å²) in [4.78, 5) is 23.5. The zero-order valence-electron chi connectivity index (χ0n) is 13.4. The molecule has 7 heteroatoms. The molecule has 1 heterocycles. The highest BCUT2D eigenvalue weighted by molar-refractivity contribution is 6.35. The Morgan fingerprint density at radius 3 is 2.71 bits per heavy atom. The van der Waals surface area contributed by atoms with Gasteiger partial charge >= 0.3 is 11.8 Å². The number of aliphatic hydroxyl groups is 1. The van der Waals surface area contributed by atoms with Crippen molar-refractivity contribution in [1.29, 1.82) is 0 Å². The predicted molar refractivity (Wildman–Crippen MR) is 85.6 cm³/mol. The molecule has 2 amide bonds. The van der Waals surface area contributed by atoms with Gasteiger partial charge in [-0.3, -0.25) is 9.59 Å². The van der Waals surface area contributed by atoms with Gasteiger partial charge in [-0.25, -0.2) is 0 Å². The standard InChI is InChI=1S/C17H22N2O5/c20-13(11-5-6-14-15(9-11)24-10-23-14)7-8-18-16(21)17(22)19-12-3-1-2-4-12/h5-6,9,12-13,20H,1-4,7-8,10H2,(H,18,21)(H,19,22)/t13-/m1/s1. The van der Waals surface area contributed by atoms with Gasteiger partial charge in [0.15, 0.2) is 11.5 Å². The number of hydrogen-bond acceptors (Lipinski definition) is 5. The summed E-state index contributed by atoms with van der Waals surface area (Å²) in [6, 6.07) is 5.34. The summed E-state index contributed by atoms with van der Waals surface area (Å²) >= 11 is 0. The van der Waals surface area contributed by atoms with Gasteiger partial charge in [0.2, 0.25) is 6.79 Å². The first-order chi connectivity index (χ1) is 11.6. The number of nitrogens with one attached hydrogen (secondary N) is 2. The van der Waals surface area contributed by atoms with Gasteiger partial charge in [-0.15, -0.1) is 0 Å². The average Bonchev–Trinajstić information content (AvgIpc) is 3.24. The molecule has 1 fully saturated rings. The van der Waals surface area contributed by atoms with Gasteiger partial charge in [0.1, 0.15) is 0 Å². The first-order valence-corrected chi connectivity index (χ1v) is 8.30. The minimum absolute atomic E-state index is 0.113. The van der Waals surface area contributed by atoms with Crippen molar-refractivity contribution in [2.75, 3.05) is 13.3 Å². The molecule has 1 aliphatic heterocycles. The van der Waals surface area contributed by atoms with Crippen LogP contribution >= 0.6 is 0 Å². The summed E-state index contributed by atoms with van der Waals surface area (Å²) < 4.78 is 10.5. The number of ether oxygens (including phenoxy) is 2. The van der Waals surface area contributed by atoms with Gasteiger partial charge in [0.25, 0.3) is 0 Å². The zero-order chi connectivity index (χ0) is 16.9. The fourth-order valence-electron chi connectivity index (χ4n) is 3.01. The summed E-state index contributed by atoms with van der Waals surface area (Å²) in [5.74, 6) is 0.00798. The third kappa shape index (κ3) is 3.97. The lowest BCUT2D eigenvalue weighted by Crippen LogP contribution is -2.44. The summed E-state index contributed by atoms with van der Waals surface area (Å²) in [5, 5.41) is 15.5. The lowest BCUT2D eigenvalue weighted by Gasteiger charge is -2.14. The van der Waals surface area contributed by atoms with Gasteiger partial charge < -0.3 is 25.2 Å². The van der Waals surface area contributed by atoms with E-state index >= 15 is 0 Å². The van der Waals surface area contributed by atoms with Gasteiger partial charge in [-0.2, -0.15) is 0 Å². The van der Waals surface area contributed by atoms with E-state index in [9.17, 15) is 14.7 Å². The first-order valence-electron chi connectivity index (χ1n) is 8.30. The molecule has 1 aromatic carbocycles. The Labute approximate surface area is 140 Å². The number of aliphatic hydroxyl groups excluding tert-OH is 1. The quantitative estimate of drug-likeness (QED) is 0.699. The summed E-state index contributed by atoms with van der Waals surface area (Å²) in [7, 11) is 0. The molecule has 1 saturated carbocycles. The molecule has 24 heavy (non-hydrogen) atoms. The zero-order valence-corrected chi connectivity index (χ0v) is 13.4. The van der Waals surface area contributed by atoms with Crippen molar-refractivity contribution in [2.24, 2.45) is 0 Å². The summed E-state index contributed by atoms with van der Waals surface area (Å²) in [6.07, 6.45) is 3.60. The molecule has 7 nitrogen and oxygen atoms in total. The monoisotopic (exact) mass is 334 g/mol. The van der Waals surface area contributed by atoms with Crippen LogP contribution in [-0.2, 0) is 9.59 Å². The van der Waals surface area contributed by atoms with Crippen molar-refractivity contribution in [3.63, 3.8) is 0 Å². The van der Waals surface area contributed by atoms with Crippen LogP contribution in [0, 0.1) is 0 Å². The SMILES string of the molecule is O=C(NCC[C@@H](O)c1ccc2c(c1)OCO2)C(=O)NC1CCCC1. The van der Waals surface area contributed by atoms with E-state index in [1.54, 1.807) is 18.2 Å². The molecule has 0 aromatic heterocycles. The molecule has 1 atom stereocenters. The second-order valence-electron chi connectivity index (χ2n) is 6.13. The molecule has 1 aliphatic carbocycles. The molecule has 0 spiro atoms. The maximum atomic E-state index is 11.8. The summed E-state index contributed by atoms with van der Waals surface area (Å²) in [6.45, 7) is 0.396. The third-order valence-corrected chi connectivity index (χ3v) is 4.38. The minimum Gasteiger partial charge on any atom is -0.454 e. The minimum atomic E-state index is -0.752. The second kappa shape index (κ2) is 7.53. The molecule has 3 rings (SSSR count). The average molecular weight is 334 g/mol. The Hall–Kier alpha value is -2.28. The number of hydrogen-bond donors (Lipinski definition) is 3. The maximum absolute atomic E-state index is 11.8. The molecule has 0 bridgehead atoms. The number of carbonyl (C=O) groups is 2. The van der Waals surface area contributed by atoms with E-state index in [2.05, 4.69) is 10.6 Å². The smallest absolute Gasteiger partial charge is 0.309 e. The number of amides is 2. The predicted octanol–water partition coefficient (Wildman–Crippen LogP) is 1.01. The Bertz CT molecular complexity index is 613. The van der Waals surface area contributed by atoms with Crippen LogP contribution in [0.25, 0.3) is 0 Å². The Morgan fingerprint density at radius 2 is 1.92 bits per heavy atom. The maximum Gasteiger partial charge on any atom is 0.309 e. The molecule has 3 N–H and O–H groups in total. The van der Waals surface area contributed by atoms with E-state index in [1.807, 2.05) is 0 Å². The van der Waals surface area contributed by atoms with Crippen LogP contribution in [0.2, 0.25) is 0 Å². The summed E-state index contributed by atoms with van der Waals surface area (Å²) in [5.41, 5.74) is 0.684. The van der Waals surface area contributed by atoms with Crippen LogP contribution in [0.1, 0.15) is 43.8 Å². The van der Waals surface area contributed by atoms with Gasteiger partial charge in [-0.1, -0.05) is 18.9 Å². The van der Waals surface area contributed by atoms with Crippen LogP contribution in [0.4, 0.5) is 0 Å².